The first kappa shape index (κ1) is 12.4. The molecular formula is C13H21NO4. The molecule has 2 saturated heterocycles. The lowest BCUT2D eigenvalue weighted by Gasteiger charge is -2.54. The number of morpholine rings is 1. The maximum atomic E-state index is 11.6. The van der Waals surface area contributed by atoms with E-state index in [1.54, 1.807) is 0 Å². The van der Waals surface area contributed by atoms with Crippen LogP contribution in [0.25, 0.3) is 0 Å². The molecule has 1 aliphatic carbocycles. The van der Waals surface area contributed by atoms with E-state index < -0.39 is 5.79 Å². The van der Waals surface area contributed by atoms with Crippen LogP contribution >= 0.6 is 0 Å². The first-order valence-corrected chi connectivity index (χ1v) is 6.64. The van der Waals surface area contributed by atoms with Gasteiger partial charge in [-0.3, -0.25) is 4.79 Å². The molecule has 18 heavy (non-hydrogen) atoms. The summed E-state index contributed by atoms with van der Waals surface area (Å²) in [5.74, 6) is -0.485. The Hall–Kier alpha value is -0.650. The predicted octanol–water partition coefficient (Wildman–Crippen LogP) is 0.825. The van der Waals surface area contributed by atoms with Crippen molar-refractivity contribution in [3.8, 4) is 0 Å². The monoisotopic (exact) mass is 255 g/mol. The fourth-order valence-corrected chi connectivity index (χ4v) is 3.74. The Morgan fingerprint density at radius 1 is 1.17 bits per heavy atom. The van der Waals surface area contributed by atoms with Crippen LogP contribution in [0.5, 0.6) is 0 Å². The zero-order valence-electron chi connectivity index (χ0n) is 11.1. The molecule has 1 N–H and O–H groups in total. The summed E-state index contributed by atoms with van der Waals surface area (Å²) in [6.45, 7) is 6.41. The van der Waals surface area contributed by atoms with E-state index in [0.717, 1.165) is 19.3 Å². The Balaban J connectivity index is 1.82. The highest BCUT2D eigenvalue weighted by molar-refractivity contribution is 5.78. The molecule has 1 unspecified atom stereocenters. The summed E-state index contributed by atoms with van der Waals surface area (Å²) < 4.78 is 17.2. The molecule has 0 aromatic carbocycles. The summed E-state index contributed by atoms with van der Waals surface area (Å²) in [5.41, 5.74) is -0.366. The highest BCUT2D eigenvalue weighted by atomic mass is 16.7. The summed E-state index contributed by atoms with van der Waals surface area (Å²) in [7, 11) is 0. The minimum Gasteiger partial charge on any atom is -0.369 e. The Morgan fingerprint density at radius 2 is 1.89 bits per heavy atom. The van der Waals surface area contributed by atoms with Gasteiger partial charge in [-0.25, -0.2) is 0 Å². The number of carbonyl (C=O) groups excluding carboxylic acids is 1. The van der Waals surface area contributed by atoms with Crippen molar-refractivity contribution in [3.05, 3.63) is 0 Å². The lowest BCUT2D eigenvalue weighted by molar-refractivity contribution is -0.259. The third kappa shape index (κ3) is 1.76. The van der Waals surface area contributed by atoms with Crippen molar-refractivity contribution in [1.82, 2.24) is 5.32 Å². The highest BCUT2D eigenvalue weighted by Crippen LogP contribution is 2.52. The van der Waals surface area contributed by atoms with Crippen molar-refractivity contribution in [2.45, 2.75) is 44.4 Å². The molecule has 3 aliphatic rings. The normalized spacial score (nSPS) is 38.0. The van der Waals surface area contributed by atoms with E-state index in [0.29, 0.717) is 19.8 Å². The molecule has 3 rings (SSSR count). The molecular weight excluding hydrogens is 234 g/mol. The van der Waals surface area contributed by atoms with Crippen LogP contribution in [-0.2, 0) is 19.0 Å². The molecule has 0 radical (unpaired) electrons. The number of hydrogen-bond donors (Lipinski definition) is 1. The topological polar surface area (TPSA) is 56.8 Å². The lowest BCUT2D eigenvalue weighted by atomic mass is 9.64. The van der Waals surface area contributed by atoms with Crippen LogP contribution in [0.15, 0.2) is 0 Å². The SMILES string of the molecule is CC1(C)CC2(CCC13OCCO3)COCC(=O)N2. The molecule has 102 valence electrons. The molecule has 5 nitrogen and oxygen atoms in total. The number of carbonyl (C=O) groups is 1. The van der Waals surface area contributed by atoms with Gasteiger partial charge in [0.25, 0.3) is 0 Å². The van der Waals surface area contributed by atoms with E-state index in [1.165, 1.54) is 0 Å². The van der Waals surface area contributed by atoms with Gasteiger partial charge in [-0.15, -0.1) is 0 Å². The zero-order chi connectivity index (χ0) is 12.9. The van der Waals surface area contributed by atoms with Crippen molar-refractivity contribution in [2.75, 3.05) is 26.4 Å². The van der Waals surface area contributed by atoms with Crippen LogP contribution in [0.1, 0.15) is 33.1 Å². The molecule has 0 aromatic rings. The van der Waals surface area contributed by atoms with E-state index in [4.69, 9.17) is 14.2 Å². The van der Waals surface area contributed by atoms with Crippen molar-refractivity contribution in [1.29, 1.82) is 0 Å². The molecule has 1 saturated carbocycles. The van der Waals surface area contributed by atoms with Gasteiger partial charge in [-0.2, -0.15) is 0 Å². The van der Waals surface area contributed by atoms with Crippen LogP contribution in [0, 0.1) is 5.41 Å². The average Bonchev–Trinajstić information content (AvgIpc) is 2.74. The predicted molar refractivity (Wildman–Crippen MR) is 64.0 cm³/mol. The van der Waals surface area contributed by atoms with Gasteiger partial charge in [-0.05, 0) is 12.8 Å². The number of ether oxygens (including phenoxy) is 3. The van der Waals surface area contributed by atoms with E-state index in [9.17, 15) is 4.79 Å². The number of hydrogen-bond acceptors (Lipinski definition) is 4. The van der Waals surface area contributed by atoms with Crippen LogP contribution in [-0.4, -0.2) is 43.7 Å². The summed E-state index contributed by atoms with van der Waals surface area (Å²) in [6, 6.07) is 0. The Morgan fingerprint density at radius 3 is 2.50 bits per heavy atom. The molecule has 3 fully saturated rings. The minimum absolute atomic E-state index is 0.0127. The average molecular weight is 255 g/mol. The van der Waals surface area contributed by atoms with Crippen LogP contribution in [0.2, 0.25) is 0 Å². The lowest BCUT2D eigenvalue weighted by Crippen LogP contribution is -2.65. The number of nitrogens with one attached hydrogen (secondary N) is 1. The smallest absolute Gasteiger partial charge is 0.246 e. The fourth-order valence-electron chi connectivity index (χ4n) is 3.74. The van der Waals surface area contributed by atoms with Crippen molar-refractivity contribution in [3.63, 3.8) is 0 Å². The highest BCUT2D eigenvalue weighted by Gasteiger charge is 2.58. The zero-order valence-corrected chi connectivity index (χ0v) is 11.1. The molecule has 0 aromatic heterocycles. The first-order valence-electron chi connectivity index (χ1n) is 6.64. The summed E-state index contributed by atoms with van der Waals surface area (Å²) in [4.78, 5) is 11.6. The van der Waals surface area contributed by atoms with Gasteiger partial charge in [-0.1, -0.05) is 13.8 Å². The van der Waals surface area contributed by atoms with Gasteiger partial charge in [0.2, 0.25) is 5.91 Å². The third-order valence-corrected chi connectivity index (χ3v) is 4.51. The van der Waals surface area contributed by atoms with Crippen LogP contribution < -0.4 is 5.32 Å². The third-order valence-electron chi connectivity index (χ3n) is 4.51. The number of amides is 1. The second kappa shape index (κ2) is 3.92. The van der Waals surface area contributed by atoms with Gasteiger partial charge in [0.1, 0.15) is 6.61 Å². The van der Waals surface area contributed by atoms with Crippen LogP contribution in [0.4, 0.5) is 0 Å². The molecule has 2 heterocycles. The van der Waals surface area contributed by atoms with E-state index >= 15 is 0 Å². The van der Waals surface area contributed by atoms with Gasteiger partial charge < -0.3 is 19.5 Å². The van der Waals surface area contributed by atoms with E-state index in [-0.39, 0.29) is 23.5 Å². The van der Waals surface area contributed by atoms with Crippen molar-refractivity contribution < 1.29 is 19.0 Å². The first-order chi connectivity index (χ1) is 8.47. The molecule has 5 heteroatoms. The Bertz CT molecular complexity index is 362. The van der Waals surface area contributed by atoms with Crippen LogP contribution in [0.3, 0.4) is 0 Å². The largest absolute Gasteiger partial charge is 0.369 e. The molecule has 1 amide bonds. The Labute approximate surface area is 107 Å². The molecule has 0 bridgehead atoms. The van der Waals surface area contributed by atoms with Crippen molar-refractivity contribution in [2.24, 2.45) is 5.41 Å². The molecule has 2 spiro atoms. The second-order valence-electron chi connectivity index (χ2n) is 6.33. The maximum absolute atomic E-state index is 11.6. The quantitative estimate of drug-likeness (QED) is 0.696. The molecule has 1 atom stereocenters. The molecule has 2 aliphatic heterocycles. The van der Waals surface area contributed by atoms with Crippen molar-refractivity contribution >= 4 is 5.91 Å². The minimum atomic E-state index is -0.472. The number of rotatable bonds is 0. The van der Waals surface area contributed by atoms with Gasteiger partial charge in [0.05, 0.1) is 25.4 Å². The van der Waals surface area contributed by atoms with E-state index in [1.807, 2.05) is 0 Å². The maximum Gasteiger partial charge on any atom is 0.246 e. The second-order valence-corrected chi connectivity index (χ2v) is 6.33. The summed E-state index contributed by atoms with van der Waals surface area (Å²) >= 11 is 0. The fraction of sp³-hybridized carbons (Fsp3) is 0.923. The van der Waals surface area contributed by atoms with E-state index in [2.05, 4.69) is 19.2 Å². The Kier molecular flexibility index (Phi) is 2.70. The van der Waals surface area contributed by atoms with Gasteiger partial charge in [0, 0.05) is 11.8 Å². The summed E-state index contributed by atoms with van der Waals surface area (Å²) in [6.07, 6.45) is 2.48. The summed E-state index contributed by atoms with van der Waals surface area (Å²) in [5, 5.41) is 3.12. The van der Waals surface area contributed by atoms with Gasteiger partial charge >= 0.3 is 0 Å². The van der Waals surface area contributed by atoms with Gasteiger partial charge in [0.15, 0.2) is 5.79 Å². The standard InChI is InChI=1S/C13H21NO4/c1-11(2)8-12(9-16-7-10(15)14-12)3-4-13(11)17-5-6-18-13/h3-9H2,1-2H3,(H,14,15).